The van der Waals surface area contributed by atoms with E-state index in [0.29, 0.717) is 50.4 Å². The van der Waals surface area contributed by atoms with Gasteiger partial charge in [-0.15, -0.1) is 0 Å². The summed E-state index contributed by atoms with van der Waals surface area (Å²) in [7, 11) is 0. The Labute approximate surface area is 182 Å². The number of carbonyl (C=O) groups excluding carboxylic acids is 1. The molecule has 2 aromatic heterocycles. The highest BCUT2D eigenvalue weighted by molar-refractivity contribution is 5.96. The van der Waals surface area contributed by atoms with Crippen molar-refractivity contribution in [2.75, 3.05) is 36.0 Å². The van der Waals surface area contributed by atoms with E-state index in [4.69, 9.17) is 9.52 Å². The van der Waals surface area contributed by atoms with E-state index in [1.165, 1.54) is 6.20 Å². The summed E-state index contributed by atoms with van der Waals surface area (Å²) in [5.74, 6) is -2.12. The summed E-state index contributed by atoms with van der Waals surface area (Å²) in [6.45, 7) is 2.18. The van der Waals surface area contributed by atoms with Crippen LogP contribution in [0.1, 0.15) is 47.5 Å². The molecule has 32 heavy (non-hydrogen) atoms. The average Bonchev–Trinajstić information content (AvgIpc) is 3.44. The lowest BCUT2D eigenvalue weighted by atomic mass is 9.97. The van der Waals surface area contributed by atoms with E-state index in [-0.39, 0.29) is 18.4 Å². The molecule has 0 aliphatic carbocycles. The SMILES string of the molecule is O=C(Cc1ccc(N2CCC(C(=O)O)CC2)nc1)c1oc(N2CCCC2)nc1C(F)(F)F. The number of carboxylic acids is 1. The number of carboxylic acid groups (broad SMARTS) is 1. The fraction of sp³-hybridized carbons (Fsp3) is 0.524. The van der Waals surface area contributed by atoms with E-state index < -0.39 is 29.4 Å². The van der Waals surface area contributed by atoms with Gasteiger partial charge in [-0.3, -0.25) is 9.59 Å². The van der Waals surface area contributed by atoms with Crippen LogP contribution < -0.4 is 9.80 Å². The van der Waals surface area contributed by atoms with Gasteiger partial charge < -0.3 is 19.3 Å². The van der Waals surface area contributed by atoms with Gasteiger partial charge in [0.2, 0.25) is 11.5 Å². The molecule has 8 nitrogen and oxygen atoms in total. The Hall–Kier alpha value is -3.11. The Morgan fingerprint density at radius 2 is 1.78 bits per heavy atom. The zero-order valence-corrected chi connectivity index (χ0v) is 17.3. The standard InChI is InChI=1S/C21H23F3N4O4/c22-21(23,24)18-17(32-20(26-18)28-7-1-2-8-28)15(29)11-13-3-4-16(25-12-13)27-9-5-14(6-10-27)19(30)31/h3-4,12,14H,1-2,5-11H2,(H,30,31). The number of halogens is 3. The highest BCUT2D eigenvalue weighted by Gasteiger charge is 2.42. The van der Waals surface area contributed by atoms with Crippen molar-refractivity contribution in [2.24, 2.45) is 5.92 Å². The monoisotopic (exact) mass is 452 g/mol. The quantitative estimate of drug-likeness (QED) is 0.666. The summed E-state index contributed by atoms with van der Waals surface area (Å²) >= 11 is 0. The highest BCUT2D eigenvalue weighted by atomic mass is 19.4. The topological polar surface area (TPSA) is 99.8 Å². The molecule has 0 spiro atoms. The molecular weight excluding hydrogens is 429 g/mol. The number of Topliss-reactive ketones (excluding diaryl/α,β-unsaturated/α-hetero) is 1. The molecule has 2 aromatic rings. The van der Waals surface area contributed by atoms with Crippen LogP contribution in [0.4, 0.5) is 25.0 Å². The van der Waals surface area contributed by atoms with Crippen LogP contribution in [0.3, 0.4) is 0 Å². The van der Waals surface area contributed by atoms with E-state index >= 15 is 0 Å². The van der Waals surface area contributed by atoms with Crippen LogP contribution in [0.15, 0.2) is 22.7 Å². The number of hydrogen-bond donors (Lipinski definition) is 1. The lowest BCUT2D eigenvalue weighted by Gasteiger charge is -2.31. The maximum absolute atomic E-state index is 13.4. The zero-order chi connectivity index (χ0) is 22.9. The summed E-state index contributed by atoms with van der Waals surface area (Å²) < 4.78 is 45.6. The van der Waals surface area contributed by atoms with E-state index in [0.717, 1.165) is 12.8 Å². The minimum atomic E-state index is -4.79. The maximum atomic E-state index is 13.4. The molecule has 0 aromatic carbocycles. The molecular formula is C21H23F3N4O4. The number of ketones is 1. The van der Waals surface area contributed by atoms with Gasteiger partial charge in [-0.1, -0.05) is 6.07 Å². The van der Waals surface area contributed by atoms with Crippen LogP contribution >= 0.6 is 0 Å². The Balaban J connectivity index is 1.45. The van der Waals surface area contributed by atoms with E-state index in [2.05, 4.69) is 9.97 Å². The minimum Gasteiger partial charge on any atom is -0.481 e. The van der Waals surface area contributed by atoms with Crippen LogP contribution in [-0.2, 0) is 17.4 Å². The van der Waals surface area contributed by atoms with Gasteiger partial charge in [-0.25, -0.2) is 4.98 Å². The molecule has 4 rings (SSSR count). The van der Waals surface area contributed by atoms with Crippen molar-refractivity contribution in [3.8, 4) is 0 Å². The molecule has 0 saturated carbocycles. The van der Waals surface area contributed by atoms with Crippen molar-refractivity contribution < 1.29 is 32.3 Å². The molecule has 1 N–H and O–H groups in total. The van der Waals surface area contributed by atoms with E-state index in [1.54, 1.807) is 17.0 Å². The number of rotatable bonds is 6. The molecule has 4 heterocycles. The largest absolute Gasteiger partial charge is 0.481 e. The van der Waals surface area contributed by atoms with Crippen molar-refractivity contribution in [3.05, 3.63) is 35.3 Å². The second-order valence-corrected chi connectivity index (χ2v) is 8.09. The lowest BCUT2D eigenvalue weighted by Crippen LogP contribution is -2.36. The molecule has 0 radical (unpaired) electrons. The van der Waals surface area contributed by atoms with Crippen LogP contribution in [-0.4, -0.2) is 53.0 Å². The van der Waals surface area contributed by atoms with Gasteiger partial charge in [0.1, 0.15) is 5.82 Å². The fourth-order valence-corrected chi connectivity index (χ4v) is 4.06. The molecule has 0 amide bonds. The Bertz CT molecular complexity index is 976. The van der Waals surface area contributed by atoms with Crippen LogP contribution in [0.25, 0.3) is 0 Å². The predicted molar refractivity (Wildman–Crippen MR) is 108 cm³/mol. The molecule has 0 bridgehead atoms. The van der Waals surface area contributed by atoms with Gasteiger partial charge in [-0.2, -0.15) is 18.2 Å². The molecule has 11 heteroatoms. The van der Waals surface area contributed by atoms with E-state index in [1.807, 2.05) is 4.90 Å². The van der Waals surface area contributed by atoms with Gasteiger partial charge in [0.05, 0.1) is 5.92 Å². The first-order valence-corrected chi connectivity index (χ1v) is 10.5. The summed E-state index contributed by atoms with van der Waals surface area (Å²) in [6.07, 6.45) is -0.951. The number of pyridine rings is 1. The molecule has 2 aliphatic heterocycles. The number of carbonyl (C=O) groups is 2. The fourth-order valence-electron chi connectivity index (χ4n) is 4.06. The Morgan fingerprint density at radius 1 is 1.09 bits per heavy atom. The zero-order valence-electron chi connectivity index (χ0n) is 17.3. The Morgan fingerprint density at radius 3 is 2.34 bits per heavy atom. The third-order valence-corrected chi connectivity index (χ3v) is 5.86. The Kier molecular flexibility index (Phi) is 6.07. The summed E-state index contributed by atoms with van der Waals surface area (Å²) in [4.78, 5) is 35.2. The average molecular weight is 452 g/mol. The lowest BCUT2D eigenvalue weighted by molar-refractivity contribution is -0.142. The number of aromatic nitrogens is 2. The van der Waals surface area contributed by atoms with Crippen molar-refractivity contribution in [2.45, 2.75) is 38.3 Å². The number of alkyl halides is 3. The summed E-state index contributed by atoms with van der Waals surface area (Å²) in [5, 5.41) is 9.09. The van der Waals surface area contributed by atoms with Crippen LogP contribution in [0.5, 0.6) is 0 Å². The van der Waals surface area contributed by atoms with Gasteiger partial charge >= 0.3 is 12.1 Å². The number of anilines is 2. The van der Waals surface area contributed by atoms with Crippen LogP contribution in [0.2, 0.25) is 0 Å². The number of piperidine rings is 1. The summed E-state index contributed by atoms with van der Waals surface area (Å²) in [6, 6.07) is 3.15. The van der Waals surface area contributed by atoms with Gasteiger partial charge in [0, 0.05) is 38.8 Å². The number of nitrogens with zero attached hydrogens (tertiary/aromatic N) is 4. The summed E-state index contributed by atoms with van der Waals surface area (Å²) in [5.41, 5.74) is -0.846. The van der Waals surface area contributed by atoms with Crippen molar-refractivity contribution in [1.29, 1.82) is 0 Å². The number of hydrogen-bond acceptors (Lipinski definition) is 7. The first-order valence-electron chi connectivity index (χ1n) is 10.5. The van der Waals surface area contributed by atoms with Crippen LogP contribution in [0, 0.1) is 5.92 Å². The molecule has 172 valence electrons. The number of oxazole rings is 1. The van der Waals surface area contributed by atoms with E-state index in [9.17, 15) is 22.8 Å². The van der Waals surface area contributed by atoms with Crippen molar-refractivity contribution in [1.82, 2.24) is 9.97 Å². The maximum Gasteiger partial charge on any atom is 0.437 e. The van der Waals surface area contributed by atoms with Crippen molar-refractivity contribution in [3.63, 3.8) is 0 Å². The second kappa shape index (κ2) is 8.79. The molecule has 2 saturated heterocycles. The van der Waals surface area contributed by atoms with Crippen molar-refractivity contribution >= 4 is 23.6 Å². The van der Waals surface area contributed by atoms with Gasteiger partial charge in [-0.05, 0) is 37.3 Å². The number of aliphatic carboxylic acids is 1. The normalized spacial score (nSPS) is 17.7. The third kappa shape index (κ3) is 4.71. The van der Waals surface area contributed by atoms with Gasteiger partial charge in [0.25, 0.3) is 6.01 Å². The first-order chi connectivity index (χ1) is 15.2. The first kappa shape index (κ1) is 22.1. The second-order valence-electron chi connectivity index (χ2n) is 8.09. The smallest absolute Gasteiger partial charge is 0.437 e. The molecule has 2 fully saturated rings. The molecule has 2 aliphatic rings. The molecule has 0 unspecified atom stereocenters. The highest BCUT2D eigenvalue weighted by Crippen LogP contribution is 2.35. The molecule has 0 atom stereocenters. The third-order valence-electron chi connectivity index (χ3n) is 5.86. The minimum absolute atomic E-state index is 0.170. The predicted octanol–water partition coefficient (Wildman–Crippen LogP) is 3.42. The van der Waals surface area contributed by atoms with Gasteiger partial charge in [0.15, 0.2) is 5.69 Å².